The molecule has 1 aliphatic carbocycles. The number of furan rings is 1. The van der Waals surface area contributed by atoms with Crippen molar-refractivity contribution in [3.63, 3.8) is 0 Å². The second-order valence-corrected chi connectivity index (χ2v) is 16.0. The number of benzene rings is 10. The van der Waals surface area contributed by atoms with Crippen LogP contribution in [-0.4, -0.2) is 0 Å². The molecule has 0 saturated carbocycles. The van der Waals surface area contributed by atoms with Crippen LogP contribution in [0.2, 0.25) is 0 Å². The summed E-state index contributed by atoms with van der Waals surface area (Å²) in [5.41, 5.74) is 16.6. The summed E-state index contributed by atoms with van der Waals surface area (Å²) in [5, 5.41) is 4.46. The molecule has 1 aliphatic rings. The molecule has 0 N–H and O–H groups in total. The van der Waals surface area contributed by atoms with Crippen LogP contribution in [0.5, 0.6) is 0 Å². The third kappa shape index (κ3) is 5.50. The Kier molecular flexibility index (Phi) is 8.11. The Labute approximate surface area is 355 Å². The van der Waals surface area contributed by atoms with E-state index in [9.17, 15) is 0 Å². The van der Waals surface area contributed by atoms with Gasteiger partial charge in [0.15, 0.2) is 0 Å². The van der Waals surface area contributed by atoms with Crippen LogP contribution in [0.3, 0.4) is 0 Å². The lowest BCUT2D eigenvalue weighted by Crippen LogP contribution is -2.28. The summed E-state index contributed by atoms with van der Waals surface area (Å²) in [5.74, 6) is 0. The molecule has 0 saturated heterocycles. The predicted octanol–water partition coefficient (Wildman–Crippen LogP) is 15.9. The van der Waals surface area contributed by atoms with Crippen molar-refractivity contribution in [1.29, 1.82) is 0 Å². The highest BCUT2D eigenvalue weighted by atomic mass is 16.3. The maximum atomic E-state index is 6.84. The summed E-state index contributed by atoms with van der Waals surface area (Å²) < 4.78 is 6.84. The van der Waals surface area contributed by atoms with Crippen molar-refractivity contribution in [2.24, 2.45) is 0 Å². The van der Waals surface area contributed by atoms with Crippen LogP contribution in [0.4, 0.5) is 17.1 Å². The summed E-state index contributed by atoms with van der Waals surface area (Å²) in [4.78, 5) is 2.46. The quantitative estimate of drug-likeness (QED) is 0.160. The van der Waals surface area contributed by atoms with Gasteiger partial charge in [-0.1, -0.05) is 194 Å². The third-order valence-electron chi connectivity index (χ3n) is 12.7. The van der Waals surface area contributed by atoms with Gasteiger partial charge in [0.05, 0.1) is 11.1 Å². The molecule has 0 radical (unpaired) electrons. The van der Waals surface area contributed by atoms with Gasteiger partial charge in [0.25, 0.3) is 0 Å². The SMILES string of the molecule is c1ccc(-c2ccc(N(c3ccc4c(c3)C(c3ccccc3)(c3ccccc3)c3ccccc3-4)c3cc4c(cc3-c3ccccc3)oc3c5ccccc5ccc43)cc2)cc1. The zero-order valence-electron chi connectivity index (χ0n) is 33.4. The Morgan fingerprint density at radius 1 is 0.344 bits per heavy atom. The highest BCUT2D eigenvalue weighted by Crippen LogP contribution is 2.57. The zero-order valence-corrected chi connectivity index (χ0v) is 33.4. The van der Waals surface area contributed by atoms with Gasteiger partial charge >= 0.3 is 0 Å². The van der Waals surface area contributed by atoms with Crippen LogP contribution in [0.25, 0.3) is 66.1 Å². The van der Waals surface area contributed by atoms with Crippen LogP contribution in [0.1, 0.15) is 22.3 Å². The van der Waals surface area contributed by atoms with Crippen molar-refractivity contribution in [3.05, 3.63) is 259 Å². The molecule has 61 heavy (non-hydrogen) atoms. The van der Waals surface area contributed by atoms with Gasteiger partial charge in [-0.25, -0.2) is 0 Å². The van der Waals surface area contributed by atoms with Gasteiger partial charge in [0, 0.05) is 33.1 Å². The van der Waals surface area contributed by atoms with E-state index in [4.69, 9.17) is 4.42 Å². The summed E-state index contributed by atoms with van der Waals surface area (Å²) in [6.45, 7) is 0. The molecular weight excluding hydrogens is 739 g/mol. The lowest BCUT2D eigenvalue weighted by Gasteiger charge is -2.35. The molecule has 0 spiro atoms. The molecule has 1 aromatic heterocycles. The summed E-state index contributed by atoms with van der Waals surface area (Å²) in [7, 11) is 0. The molecule has 0 unspecified atom stereocenters. The Bertz CT molecular complexity index is 3350. The highest BCUT2D eigenvalue weighted by Gasteiger charge is 2.46. The van der Waals surface area contributed by atoms with E-state index in [0.717, 1.165) is 60.9 Å². The van der Waals surface area contributed by atoms with Crippen molar-refractivity contribution >= 4 is 49.8 Å². The first kappa shape index (κ1) is 35.0. The third-order valence-corrected chi connectivity index (χ3v) is 12.7. The lowest BCUT2D eigenvalue weighted by atomic mass is 9.67. The van der Waals surface area contributed by atoms with Gasteiger partial charge in [-0.2, -0.15) is 0 Å². The fourth-order valence-corrected chi connectivity index (χ4v) is 10.0. The molecule has 0 aliphatic heterocycles. The molecular formula is C59H39NO. The van der Waals surface area contributed by atoms with Crippen molar-refractivity contribution in [2.75, 3.05) is 4.90 Å². The van der Waals surface area contributed by atoms with Crippen LogP contribution in [0.15, 0.2) is 241 Å². The Morgan fingerprint density at radius 2 is 0.918 bits per heavy atom. The average Bonchev–Trinajstić information content (AvgIpc) is 3.86. The largest absolute Gasteiger partial charge is 0.455 e. The lowest BCUT2D eigenvalue weighted by molar-refractivity contribution is 0.673. The molecule has 2 heteroatoms. The van der Waals surface area contributed by atoms with Crippen LogP contribution < -0.4 is 4.90 Å². The second-order valence-electron chi connectivity index (χ2n) is 16.0. The fourth-order valence-electron chi connectivity index (χ4n) is 10.0. The van der Waals surface area contributed by atoms with Crippen molar-refractivity contribution in [1.82, 2.24) is 0 Å². The highest BCUT2D eigenvalue weighted by molar-refractivity contribution is 6.17. The van der Waals surface area contributed by atoms with Gasteiger partial charge in [0.2, 0.25) is 0 Å². The fraction of sp³-hybridized carbons (Fsp3) is 0.0169. The minimum absolute atomic E-state index is 0.540. The van der Waals surface area contributed by atoms with Gasteiger partial charge in [-0.3, -0.25) is 0 Å². The van der Waals surface area contributed by atoms with E-state index >= 15 is 0 Å². The first-order valence-electron chi connectivity index (χ1n) is 21.0. The summed E-state index contributed by atoms with van der Waals surface area (Å²) >= 11 is 0. The molecule has 11 aromatic rings. The van der Waals surface area contributed by atoms with Crippen LogP contribution in [-0.2, 0) is 5.41 Å². The first-order valence-corrected chi connectivity index (χ1v) is 21.0. The van der Waals surface area contributed by atoms with E-state index < -0.39 is 5.41 Å². The molecule has 12 rings (SSSR count). The van der Waals surface area contributed by atoms with E-state index in [0.29, 0.717) is 0 Å². The van der Waals surface area contributed by atoms with E-state index in [1.165, 1.54) is 44.5 Å². The Balaban J connectivity index is 1.16. The predicted molar refractivity (Wildman–Crippen MR) is 254 cm³/mol. The number of nitrogens with zero attached hydrogens (tertiary/aromatic N) is 1. The molecule has 286 valence electrons. The minimum Gasteiger partial charge on any atom is -0.455 e. The number of hydrogen-bond acceptors (Lipinski definition) is 2. The summed E-state index contributed by atoms with van der Waals surface area (Å²) in [6.07, 6.45) is 0. The molecule has 1 heterocycles. The molecule has 0 bridgehead atoms. The molecule has 10 aromatic carbocycles. The van der Waals surface area contributed by atoms with Gasteiger partial charge < -0.3 is 9.32 Å². The second kappa shape index (κ2) is 14.1. The molecule has 0 atom stereocenters. The first-order chi connectivity index (χ1) is 30.3. The number of fused-ring (bicyclic) bond motifs is 8. The van der Waals surface area contributed by atoms with Crippen molar-refractivity contribution < 1.29 is 4.42 Å². The topological polar surface area (TPSA) is 16.4 Å². The number of hydrogen-bond donors (Lipinski definition) is 0. The van der Waals surface area contributed by atoms with Crippen molar-refractivity contribution in [3.8, 4) is 33.4 Å². The van der Waals surface area contributed by atoms with E-state index in [1.54, 1.807) is 0 Å². The average molecular weight is 778 g/mol. The zero-order chi connectivity index (χ0) is 40.3. The maximum Gasteiger partial charge on any atom is 0.143 e. The van der Waals surface area contributed by atoms with Gasteiger partial charge in [-0.15, -0.1) is 0 Å². The maximum absolute atomic E-state index is 6.84. The number of rotatable bonds is 7. The van der Waals surface area contributed by atoms with Crippen LogP contribution in [0, 0.1) is 0 Å². The molecule has 2 nitrogen and oxygen atoms in total. The minimum atomic E-state index is -0.540. The van der Waals surface area contributed by atoms with E-state index in [2.05, 4.69) is 241 Å². The van der Waals surface area contributed by atoms with Gasteiger partial charge in [-0.05, 0) is 97.9 Å². The monoisotopic (exact) mass is 777 g/mol. The Hall–Kier alpha value is -7.94. The standard InChI is InChI=1S/C59H39NO/c1-5-17-40(18-6-1)41-29-32-46(33-30-41)60(56-38-53-51-35-31-43-21-13-14-26-48(43)58(51)61-57(53)39-52(56)42-19-7-2-8-20-42)47-34-36-50-49-27-15-16-28-54(49)59(55(50)37-47,44-22-9-3-10-23-44)45-24-11-4-12-25-45/h1-39H. The number of anilines is 3. The molecule has 0 fully saturated rings. The van der Waals surface area contributed by atoms with Gasteiger partial charge in [0.1, 0.15) is 11.2 Å². The van der Waals surface area contributed by atoms with E-state index in [-0.39, 0.29) is 0 Å². The summed E-state index contributed by atoms with van der Waals surface area (Å²) in [6, 6.07) is 86.1. The normalized spacial score (nSPS) is 12.7. The smallest absolute Gasteiger partial charge is 0.143 e. The molecule has 0 amide bonds. The van der Waals surface area contributed by atoms with Crippen LogP contribution >= 0.6 is 0 Å². The van der Waals surface area contributed by atoms with Crippen molar-refractivity contribution in [2.45, 2.75) is 5.41 Å². The van der Waals surface area contributed by atoms with E-state index in [1.807, 2.05) is 0 Å². The Morgan fingerprint density at radius 3 is 1.64 bits per heavy atom.